The van der Waals surface area contributed by atoms with E-state index in [1.54, 1.807) is 0 Å². The van der Waals surface area contributed by atoms with Crippen LogP contribution in [0.4, 0.5) is 0 Å². The zero-order valence-corrected chi connectivity index (χ0v) is 9.06. The minimum Gasteiger partial charge on any atom is -0.663 e. The average molecular weight is 285 g/mol. The average Bonchev–Trinajstić information content (AvgIpc) is 1.12. The SMILES string of the molecule is [O-][P+](O)(O)O.[O-][P+]([O-])([O-])O.[Zr+2]. The smallest absolute Gasteiger partial charge is 0.663 e. The van der Waals surface area contributed by atoms with Crippen LogP contribution in [0.15, 0.2) is 0 Å². The van der Waals surface area contributed by atoms with Gasteiger partial charge >= 0.3 is 34.4 Å². The van der Waals surface area contributed by atoms with Crippen molar-refractivity contribution in [3.8, 4) is 0 Å². The van der Waals surface area contributed by atoms with Crippen molar-refractivity contribution in [3.05, 3.63) is 0 Å². The summed E-state index contributed by atoms with van der Waals surface area (Å²) in [6, 6.07) is 0. The molecule has 0 fully saturated rings. The minimum absolute atomic E-state index is 0. The van der Waals surface area contributed by atoms with Crippen LogP contribution in [0.3, 0.4) is 0 Å². The van der Waals surface area contributed by atoms with E-state index in [1.807, 2.05) is 0 Å². The Balaban J connectivity index is -0.000000107. The van der Waals surface area contributed by atoms with Gasteiger partial charge in [-0.05, 0) is 8.17 Å². The second-order valence-corrected chi connectivity index (χ2v) is 2.95. The summed E-state index contributed by atoms with van der Waals surface area (Å²) in [5, 5.41) is 0. The van der Waals surface area contributed by atoms with Crippen LogP contribution < -0.4 is 19.6 Å². The molecule has 0 aromatic rings. The number of phosphoric acid groups is 2. The third kappa shape index (κ3) is 501. The van der Waals surface area contributed by atoms with E-state index in [9.17, 15) is 0 Å². The van der Waals surface area contributed by atoms with Gasteiger partial charge < -0.3 is 19.6 Å². The maximum Gasteiger partial charge on any atom is 2.00 e. The quantitative estimate of drug-likeness (QED) is 0.319. The summed E-state index contributed by atoms with van der Waals surface area (Å²) in [6.45, 7) is 0. The third-order valence-electron chi connectivity index (χ3n) is 0. The van der Waals surface area contributed by atoms with Gasteiger partial charge in [-0.2, -0.15) is 14.7 Å². The summed E-state index contributed by atoms with van der Waals surface area (Å²) in [7, 11) is -9.78. The molecule has 0 aromatic carbocycles. The zero-order chi connectivity index (χ0) is 9.00. The van der Waals surface area contributed by atoms with Gasteiger partial charge in [0, 0.05) is 0 Å². The second kappa shape index (κ2) is 6.89. The van der Waals surface area contributed by atoms with E-state index < -0.39 is 16.3 Å². The molecule has 0 bridgehead atoms. The molecule has 0 saturated carbocycles. The molecule has 0 atom stereocenters. The first-order valence-corrected chi connectivity index (χ1v) is 4.59. The summed E-state index contributed by atoms with van der Waals surface area (Å²) in [5.41, 5.74) is 0. The van der Waals surface area contributed by atoms with Crippen LogP contribution in [0.5, 0.6) is 0 Å². The van der Waals surface area contributed by atoms with Gasteiger partial charge in [-0.25, -0.2) is 0 Å². The molecule has 0 aromatic heterocycles. The Morgan fingerprint density at radius 1 is 0.727 bits per heavy atom. The van der Waals surface area contributed by atoms with Gasteiger partial charge in [-0.3, -0.25) is 4.89 Å². The Labute approximate surface area is 81.8 Å². The maximum absolute atomic E-state index is 8.88. The molecule has 66 valence electrons. The van der Waals surface area contributed by atoms with Crippen molar-refractivity contribution in [1.29, 1.82) is 0 Å². The van der Waals surface area contributed by atoms with Crippen molar-refractivity contribution in [2.45, 2.75) is 0 Å². The van der Waals surface area contributed by atoms with Gasteiger partial charge in [0.15, 0.2) is 0 Å². The van der Waals surface area contributed by atoms with Crippen molar-refractivity contribution in [2.75, 3.05) is 0 Å². The second-order valence-electron chi connectivity index (χ2n) is 0.982. The van der Waals surface area contributed by atoms with Crippen molar-refractivity contribution < 1.29 is 65.4 Å². The van der Waals surface area contributed by atoms with Gasteiger partial charge in [-0.15, -0.1) is 0 Å². The van der Waals surface area contributed by atoms with Crippen molar-refractivity contribution in [1.82, 2.24) is 0 Å². The van der Waals surface area contributed by atoms with Gasteiger partial charge in [0.05, 0.1) is 0 Å². The van der Waals surface area contributed by atoms with Crippen LogP contribution in [0.2, 0.25) is 0 Å². The minimum atomic E-state index is -5.14. The third-order valence-corrected chi connectivity index (χ3v) is 0. The molecule has 0 saturated heterocycles. The fourth-order valence-corrected chi connectivity index (χ4v) is 0. The van der Waals surface area contributed by atoms with Crippen LogP contribution in [0, 0.1) is 0 Å². The molecule has 0 radical (unpaired) electrons. The maximum atomic E-state index is 8.88. The predicted molar refractivity (Wildman–Crippen MR) is 22.7 cm³/mol. The summed E-state index contributed by atoms with van der Waals surface area (Å²) in [6.07, 6.45) is 0. The van der Waals surface area contributed by atoms with Gasteiger partial charge in [0.2, 0.25) is 0 Å². The van der Waals surface area contributed by atoms with Crippen molar-refractivity contribution >= 4 is 16.3 Å². The molecule has 11 heteroatoms. The van der Waals surface area contributed by atoms with Crippen molar-refractivity contribution in [3.63, 3.8) is 0 Å². The van der Waals surface area contributed by atoms with Gasteiger partial charge in [-0.1, -0.05) is 0 Å². The Morgan fingerprint density at radius 3 is 0.727 bits per heavy atom. The molecule has 4 N–H and O–H groups in total. The van der Waals surface area contributed by atoms with Crippen LogP contribution in [0.25, 0.3) is 0 Å². The molecular weight excluding hydrogens is 281 g/mol. The molecule has 0 aliphatic carbocycles. The van der Waals surface area contributed by atoms with E-state index in [2.05, 4.69) is 0 Å². The molecule has 0 aliphatic heterocycles. The molecule has 0 spiro atoms. The first-order valence-electron chi connectivity index (χ1n) is 1.53. The van der Waals surface area contributed by atoms with E-state index in [-0.39, 0.29) is 26.2 Å². The van der Waals surface area contributed by atoms with Gasteiger partial charge in [0.1, 0.15) is 0 Å². The largest absolute Gasteiger partial charge is 2.00 e. The van der Waals surface area contributed by atoms with Crippen LogP contribution in [-0.2, 0) is 26.2 Å². The first-order chi connectivity index (χ1) is 4.00. The van der Waals surface area contributed by atoms with Crippen LogP contribution in [0.1, 0.15) is 0 Å². The molecule has 0 unspecified atom stereocenters. The summed E-state index contributed by atoms with van der Waals surface area (Å²) < 4.78 is 0. The van der Waals surface area contributed by atoms with E-state index >= 15 is 0 Å². The summed E-state index contributed by atoms with van der Waals surface area (Å²) in [5.74, 6) is 0. The molecule has 8 nitrogen and oxygen atoms in total. The fraction of sp³-hybridized carbons (Fsp3) is 0. The first kappa shape index (κ1) is 18.3. The van der Waals surface area contributed by atoms with E-state index in [0.29, 0.717) is 0 Å². The number of hydrogen-bond acceptors (Lipinski definition) is 8. The standard InChI is InChI=1S/2H3O4P.Zr/c2*1-5(2,3)4;/h2*(H3,1,2,3,4);/q;;+2/p-2. The number of rotatable bonds is 0. The predicted octanol–water partition coefficient (Wildman–Crippen LogP) is -5.26. The normalized spacial score (nSPS) is 10.9. The van der Waals surface area contributed by atoms with E-state index in [4.69, 9.17) is 39.1 Å². The molecule has 0 amide bonds. The number of hydrogen-bond donors (Lipinski definition) is 4. The monoisotopic (exact) mass is 284 g/mol. The molecule has 0 aliphatic rings. The zero-order valence-electron chi connectivity index (χ0n) is 4.82. The summed E-state index contributed by atoms with van der Waals surface area (Å²) in [4.78, 5) is 63.4. The van der Waals surface area contributed by atoms with E-state index in [0.717, 1.165) is 0 Å². The Hall–Kier alpha value is 1.42. The Morgan fingerprint density at radius 2 is 0.727 bits per heavy atom. The van der Waals surface area contributed by atoms with Crippen LogP contribution >= 0.6 is 16.3 Å². The Kier molecular flexibility index (Phi) is 11.4. The van der Waals surface area contributed by atoms with Gasteiger partial charge in [0.25, 0.3) is 0 Å². The summed E-state index contributed by atoms with van der Waals surface area (Å²) >= 11 is 0. The molecule has 0 rings (SSSR count). The molecule has 11 heavy (non-hydrogen) atoms. The topological polar surface area (TPSA) is 173 Å². The van der Waals surface area contributed by atoms with E-state index in [1.165, 1.54) is 0 Å². The fourth-order valence-electron chi connectivity index (χ4n) is 0. The Bertz CT molecular complexity index is 55.1. The van der Waals surface area contributed by atoms with Crippen LogP contribution in [-0.4, -0.2) is 19.6 Å². The molecule has 0 heterocycles. The van der Waals surface area contributed by atoms with Crippen molar-refractivity contribution in [2.24, 2.45) is 0 Å². The molecular formula is H4O8P2Zr.